The van der Waals surface area contributed by atoms with Crippen LogP contribution in [0.4, 0.5) is 0 Å². The smallest absolute Gasteiger partial charge is 0.0666 e. The molecule has 1 rings (SSSR count). The number of nitrogens with zero attached hydrogens (tertiary/aromatic N) is 2. The number of hydrogen-bond donors (Lipinski definition) is 1. The van der Waals surface area contributed by atoms with Crippen LogP contribution in [-0.2, 0) is 20.0 Å². The van der Waals surface area contributed by atoms with E-state index in [9.17, 15) is 0 Å². The second-order valence-corrected chi connectivity index (χ2v) is 3.16. The number of nitrogens with one attached hydrogen (secondary N) is 1. The molecule has 0 unspecified atom stereocenters. The monoisotopic (exact) mass is 191 g/mol. The molecule has 1 heterocycles. The second-order valence-electron chi connectivity index (χ2n) is 3.16. The van der Waals surface area contributed by atoms with Crippen molar-refractivity contribution in [3.05, 3.63) is 17.5 Å². The Balaban J connectivity index is 2.51. The first-order valence-electron chi connectivity index (χ1n) is 4.89. The summed E-state index contributed by atoms with van der Waals surface area (Å²) >= 11 is 0. The van der Waals surface area contributed by atoms with Gasteiger partial charge in [0.1, 0.15) is 0 Å². The van der Waals surface area contributed by atoms with Gasteiger partial charge in [-0.3, -0.25) is 4.68 Å². The van der Waals surface area contributed by atoms with E-state index in [1.165, 1.54) is 11.3 Å². The van der Waals surface area contributed by atoms with Gasteiger partial charge in [-0.1, -0.05) is 12.8 Å². The largest absolute Gasteiger partial charge is 0.302 e. The first kappa shape index (κ1) is 10.8. The molecule has 3 heteroatoms. The Morgan fingerprint density at radius 2 is 2.36 bits per heavy atom. The summed E-state index contributed by atoms with van der Waals surface area (Å²) in [5.41, 5.74) is 2.44. The van der Waals surface area contributed by atoms with E-state index in [0.717, 1.165) is 19.5 Å². The van der Waals surface area contributed by atoms with Crippen LogP contribution in [-0.4, -0.2) is 16.3 Å². The normalized spacial score (nSPS) is 9.64. The first-order valence-corrected chi connectivity index (χ1v) is 4.89. The van der Waals surface area contributed by atoms with Gasteiger partial charge >= 0.3 is 0 Å². The van der Waals surface area contributed by atoms with Gasteiger partial charge in [-0.25, -0.2) is 0 Å². The van der Waals surface area contributed by atoms with Gasteiger partial charge < -0.3 is 5.32 Å². The molecule has 0 aliphatic carbocycles. The summed E-state index contributed by atoms with van der Waals surface area (Å²) < 4.78 is 1.86. The minimum absolute atomic E-state index is 0.745. The summed E-state index contributed by atoms with van der Waals surface area (Å²) in [4.78, 5) is 0. The average Bonchev–Trinajstić information content (AvgIpc) is 2.54. The molecule has 14 heavy (non-hydrogen) atoms. The summed E-state index contributed by atoms with van der Waals surface area (Å²) in [6, 6.07) is 0. The van der Waals surface area contributed by atoms with Crippen molar-refractivity contribution in [2.24, 2.45) is 7.05 Å². The third-order valence-electron chi connectivity index (χ3n) is 2.03. The molecule has 0 atom stereocenters. The summed E-state index contributed by atoms with van der Waals surface area (Å²) in [6.45, 7) is 5.57. The molecule has 0 radical (unpaired) electrons. The lowest BCUT2D eigenvalue weighted by Crippen LogP contribution is -2.13. The molecule has 1 aromatic heterocycles. The molecule has 0 spiro atoms. The van der Waals surface area contributed by atoms with Gasteiger partial charge in [0.25, 0.3) is 0 Å². The van der Waals surface area contributed by atoms with Gasteiger partial charge in [0.05, 0.1) is 12.2 Å². The maximum Gasteiger partial charge on any atom is 0.0666 e. The van der Waals surface area contributed by atoms with Crippen molar-refractivity contribution in [2.75, 3.05) is 6.54 Å². The fourth-order valence-electron chi connectivity index (χ4n) is 1.38. The lowest BCUT2D eigenvalue weighted by molar-refractivity contribution is 0.746. The van der Waals surface area contributed by atoms with Crippen LogP contribution in [0, 0.1) is 11.8 Å². The maximum absolute atomic E-state index is 4.37. The van der Waals surface area contributed by atoms with Crippen LogP contribution < -0.4 is 5.32 Å². The van der Waals surface area contributed by atoms with E-state index in [-0.39, 0.29) is 0 Å². The predicted molar refractivity (Wildman–Crippen MR) is 57.7 cm³/mol. The summed E-state index contributed by atoms with van der Waals surface area (Å²) in [5, 5.41) is 7.63. The molecule has 3 nitrogen and oxygen atoms in total. The van der Waals surface area contributed by atoms with Crippen molar-refractivity contribution in [3.8, 4) is 11.8 Å². The molecule has 0 amide bonds. The maximum atomic E-state index is 4.37. The highest BCUT2D eigenvalue weighted by Gasteiger charge is 2.03. The lowest BCUT2D eigenvalue weighted by Gasteiger charge is -1.99. The van der Waals surface area contributed by atoms with Crippen molar-refractivity contribution in [1.82, 2.24) is 15.1 Å². The van der Waals surface area contributed by atoms with Crippen LogP contribution in [0.1, 0.15) is 25.1 Å². The molecule has 1 aromatic rings. The molecule has 0 saturated carbocycles. The van der Waals surface area contributed by atoms with E-state index >= 15 is 0 Å². The Hall–Kier alpha value is -1.27. The van der Waals surface area contributed by atoms with Crippen LogP contribution in [0.5, 0.6) is 0 Å². The van der Waals surface area contributed by atoms with Crippen molar-refractivity contribution >= 4 is 0 Å². The Morgan fingerprint density at radius 3 is 3.00 bits per heavy atom. The first-order chi connectivity index (χ1) is 6.77. The van der Waals surface area contributed by atoms with Crippen LogP contribution in [0.25, 0.3) is 0 Å². The van der Waals surface area contributed by atoms with Gasteiger partial charge in [0.15, 0.2) is 0 Å². The van der Waals surface area contributed by atoms with Crippen LogP contribution in [0.2, 0.25) is 0 Å². The Labute approximate surface area is 85.5 Å². The number of hydrogen-bond acceptors (Lipinski definition) is 2. The number of rotatable bonds is 4. The second kappa shape index (κ2) is 5.46. The number of aryl methyl sites for hydroxylation is 2. The third kappa shape index (κ3) is 2.90. The zero-order valence-electron chi connectivity index (χ0n) is 9.09. The van der Waals surface area contributed by atoms with Crippen LogP contribution in [0.15, 0.2) is 6.20 Å². The van der Waals surface area contributed by atoms with Crippen molar-refractivity contribution in [2.45, 2.75) is 26.8 Å². The molecule has 0 saturated heterocycles. The highest BCUT2D eigenvalue weighted by Crippen LogP contribution is 2.05. The van der Waals surface area contributed by atoms with E-state index in [4.69, 9.17) is 0 Å². The third-order valence-corrected chi connectivity index (χ3v) is 2.03. The summed E-state index contributed by atoms with van der Waals surface area (Å²) in [5.74, 6) is 5.83. The fourth-order valence-corrected chi connectivity index (χ4v) is 1.38. The van der Waals surface area contributed by atoms with Gasteiger partial charge in [0, 0.05) is 25.4 Å². The fraction of sp³-hybridized carbons (Fsp3) is 0.545. The molecule has 0 aromatic carbocycles. The zero-order chi connectivity index (χ0) is 10.4. The molecular formula is C11H17N3. The van der Waals surface area contributed by atoms with Crippen LogP contribution in [0.3, 0.4) is 0 Å². The molecule has 0 bridgehead atoms. The summed E-state index contributed by atoms with van der Waals surface area (Å²) in [6.07, 6.45) is 3.04. The highest BCUT2D eigenvalue weighted by atomic mass is 15.3. The van der Waals surface area contributed by atoms with Gasteiger partial charge in [-0.05, 0) is 13.3 Å². The predicted octanol–water partition coefficient (Wildman–Crippen LogP) is 1.10. The van der Waals surface area contributed by atoms with Crippen molar-refractivity contribution in [3.63, 3.8) is 0 Å². The Bertz CT molecular complexity index is 341. The Kier molecular flexibility index (Phi) is 4.21. The molecule has 1 N–H and O–H groups in total. The van der Waals surface area contributed by atoms with E-state index in [2.05, 4.69) is 35.4 Å². The van der Waals surface area contributed by atoms with Crippen molar-refractivity contribution < 1.29 is 0 Å². The highest BCUT2D eigenvalue weighted by molar-refractivity contribution is 5.16. The van der Waals surface area contributed by atoms with E-state index in [1.54, 1.807) is 0 Å². The molecule has 0 aliphatic heterocycles. The number of aromatic nitrogens is 2. The average molecular weight is 191 g/mol. The van der Waals surface area contributed by atoms with Crippen LogP contribution >= 0.6 is 0 Å². The minimum atomic E-state index is 0.745. The van der Waals surface area contributed by atoms with Crippen molar-refractivity contribution in [1.29, 1.82) is 0 Å². The lowest BCUT2D eigenvalue weighted by atomic mass is 10.2. The Morgan fingerprint density at radius 1 is 1.57 bits per heavy atom. The SMILES string of the molecule is CC#CCNCc1cn(C)nc1CC. The van der Waals surface area contributed by atoms with E-state index in [1.807, 2.05) is 18.7 Å². The van der Waals surface area contributed by atoms with Gasteiger partial charge in [-0.2, -0.15) is 5.10 Å². The molecule has 0 aliphatic rings. The topological polar surface area (TPSA) is 29.9 Å². The minimum Gasteiger partial charge on any atom is -0.302 e. The van der Waals surface area contributed by atoms with E-state index in [0.29, 0.717) is 0 Å². The summed E-state index contributed by atoms with van der Waals surface area (Å²) in [7, 11) is 1.95. The quantitative estimate of drug-likeness (QED) is 0.570. The van der Waals surface area contributed by atoms with Gasteiger partial charge in [0.2, 0.25) is 0 Å². The standard InChI is InChI=1S/C11H17N3/c1-4-6-7-12-8-10-9-14(3)13-11(10)5-2/h9,12H,5,7-8H2,1-3H3. The molecule has 76 valence electrons. The van der Waals surface area contributed by atoms with Gasteiger partial charge in [-0.15, -0.1) is 5.92 Å². The molecular weight excluding hydrogens is 174 g/mol. The molecule has 0 fully saturated rings. The zero-order valence-corrected chi connectivity index (χ0v) is 9.09. The van der Waals surface area contributed by atoms with E-state index < -0.39 is 0 Å².